The number of aromatic nitrogens is 2. The van der Waals surface area contributed by atoms with Gasteiger partial charge in [-0.3, -0.25) is 0 Å². The van der Waals surface area contributed by atoms with Crippen LogP contribution in [0, 0.1) is 0 Å². The van der Waals surface area contributed by atoms with Crippen LogP contribution in [0.5, 0.6) is 11.5 Å². The van der Waals surface area contributed by atoms with Crippen molar-refractivity contribution in [3.05, 3.63) is 58.9 Å². The quantitative estimate of drug-likeness (QED) is 0.707. The van der Waals surface area contributed by atoms with Crippen LogP contribution < -0.4 is 9.47 Å². The number of ether oxygens (including phenoxy) is 2. The lowest BCUT2D eigenvalue weighted by atomic mass is 10.1. The van der Waals surface area contributed by atoms with Crippen LogP contribution in [-0.2, 0) is 6.42 Å². The van der Waals surface area contributed by atoms with E-state index in [0.29, 0.717) is 34.7 Å². The van der Waals surface area contributed by atoms with Crippen LogP contribution in [0.2, 0.25) is 5.02 Å². The van der Waals surface area contributed by atoms with Crippen molar-refractivity contribution in [1.82, 2.24) is 10.2 Å². The molecule has 0 aliphatic rings. The normalized spacial score (nSPS) is 10.6. The lowest BCUT2D eigenvalue weighted by Gasteiger charge is -2.08. The molecule has 2 aromatic carbocycles. The monoisotopic (exact) mass is 330 g/mol. The molecule has 0 aliphatic heterocycles. The van der Waals surface area contributed by atoms with Gasteiger partial charge in [-0.2, -0.15) is 0 Å². The van der Waals surface area contributed by atoms with E-state index in [4.69, 9.17) is 25.5 Å². The number of hydrogen-bond donors (Lipinski definition) is 0. The standard InChI is InChI=1S/C17H15ClN2O3/c1-21-14-8-3-11(9-15(14)22-2)10-16-19-20-17(23-16)12-4-6-13(18)7-5-12/h3-9H,10H2,1-2H3. The Morgan fingerprint density at radius 2 is 1.70 bits per heavy atom. The van der Waals surface area contributed by atoms with Crippen LogP contribution in [0.3, 0.4) is 0 Å². The fraction of sp³-hybridized carbons (Fsp3) is 0.176. The summed E-state index contributed by atoms with van der Waals surface area (Å²) < 4.78 is 16.2. The van der Waals surface area contributed by atoms with Gasteiger partial charge < -0.3 is 13.9 Å². The molecule has 0 spiro atoms. The predicted octanol–water partition coefficient (Wildman–Crippen LogP) is 4.00. The topological polar surface area (TPSA) is 57.4 Å². The molecule has 23 heavy (non-hydrogen) atoms. The molecule has 5 nitrogen and oxygen atoms in total. The van der Waals surface area contributed by atoms with Gasteiger partial charge in [0.25, 0.3) is 0 Å². The maximum absolute atomic E-state index is 5.88. The Morgan fingerprint density at radius 1 is 0.957 bits per heavy atom. The second kappa shape index (κ2) is 6.71. The second-order valence-electron chi connectivity index (χ2n) is 4.87. The van der Waals surface area contributed by atoms with Crippen molar-refractivity contribution in [2.24, 2.45) is 0 Å². The molecule has 3 rings (SSSR count). The van der Waals surface area contributed by atoms with Gasteiger partial charge in [0, 0.05) is 10.6 Å². The van der Waals surface area contributed by atoms with Gasteiger partial charge >= 0.3 is 0 Å². The fourth-order valence-electron chi connectivity index (χ4n) is 2.20. The lowest BCUT2D eigenvalue weighted by Crippen LogP contribution is -1.94. The van der Waals surface area contributed by atoms with Gasteiger partial charge in [-0.05, 0) is 42.0 Å². The van der Waals surface area contributed by atoms with E-state index < -0.39 is 0 Å². The van der Waals surface area contributed by atoms with Gasteiger partial charge in [0.15, 0.2) is 11.5 Å². The Hall–Kier alpha value is -2.53. The summed E-state index contributed by atoms with van der Waals surface area (Å²) in [6, 6.07) is 12.9. The number of methoxy groups -OCH3 is 2. The molecule has 0 N–H and O–H groups in total. The molecule has 0 fully saturated rings. The molecule has 0 amide bonds. The molecule has 0 atom stereocenters. The van der Waals surface area contributed by atoms with Gasteiger partial charge in [0.1, 0.15) is 0 Å². The zero-order valence-corrected chi connectivity index (χ0v) is 13.5. The van der Waals surface area contributed by atoms with Crippen molar-refractivity contribution >= 4 is 11.6 Å². The molecule has 1 aromatic heterocycles. The Labute approximate surface area is 138 Å². The summed E-state index contributed by atoms with van der Waals surface area (Å²) in [7, 11) is 3.21. The van der Waals surface area contributed by atoms with E-state index in [-0.39, 0.29) is 0 Å². The number of nitrogens with zero attached hydrogens (tertiary/aromatic N) is 2. The van der Waals surface area contributed by atoms with Gasteiger partial charge in [-0.15, -0.1) is 10.2 Å². The van der Waals surface area contributed by atoms with E-state index in [0.717, 1.165) is 11.1 Å². The van der Waals surface area contributed by atoms with Gasteiger partial charge in [0.2, 0.25) is 11.8 Å². The Morgan fingerprint density at radius 3 is 2.39 bits per heavy atom. The van der Waals surface area contributed by atoms with E-state index in [1.165, 1.54) is 0 Å². The maximum atomic E-state index is 5.88. The van der Waals surface area contributed by atoms with Gasteiger partial charge in [-0.25, -0.2) is 0 Å². The number of rotatable bonds is 5. The van der Waals surface area contributed by atoms with E-state index >= 15 is 0 Å². The lowest BCUT2D eigenvalue weighted by molar-refractivity contribution is 0.354. The SMILES string of the molecule is COc1ccc(Cc2nnc(-c3ccc(Cl)cc3)o2)cc1OC. The molecule has 0 bridgehead atoms. The average Bonchev–Trinajstić information content (AvgIpc) is 3.04. The van der Waals surface area contributed by atoms with Crippen molar-refractivity contribution in [2.75, 3.05) is 14.2 Å². The molecular formula is C17H15ClN2O3. The summed E-state index contributed by atoms with van der Waals surface area (Å²) in [5.41, 5.74) is 1.83. The first-order valence-electron chi connectivity index (χ1n) is 6.99. The van der Waals surface area contributed by atoms with Crippen molar-refractivity contribution in [3.8, 4) is 23.0 Å². The van der Waals surface area contributed by atoms with Crippen molar-refractivity contribution < 1.29 is 13.9 Å². The summed E-state index contributed by atoms with van der Waals surface area (Å²) >= 11 is 5.88. The highest BCUT2D eigenvalue weighted by Gasteiger charge is 2.11. The third kappa shape index (κ3) is 3.46. The average molecular weight is 331 g/mol. The smallest absolute Gasteiger partial charge is 0.247 e. The van der Waals surface area contributed by atoms with Crippen molar-refractivity contribution in [2.45, 2.75) is 6.42 Å². The van der Waals surface area contributed by atoms with Crippen LogP contribution >= 0.6 is 11.6 Å². The van der Waals surface area contributed by atoms with E-state index in [9.17, 15) is 0 Å². The number of halogens is 1. The summed E-state index contributed by atoms with van der Waals surface area (Å²) in [5, 5.41) is 8.83. The molecule has 0 saturated heterocycles. The van der Waals surface area contributed by atoms with Crippen molar-refractivity contribution in [3.63, 3.8) is 0 Å². The zero-order valence-electron chi connectivity index (χ0n) is 12.7. The van der Waals surface area contributed by atoms with Crippen LogP contribution in [0.15, 0.2) is 46.9 Å². The molecule has 0 aliphatic carbocycles. The fourth-order valence-corrected chi connectivity index (χ4v) is 2.33. The molecule has 3 aromatic rings. The van der Waals surface area contributed by atoms with Crippen LogP contribution in [0.25, 0.3) is 11.5 Å². The molecular weight excluding hydrogens is 316 g/mol. The molecule has 118 valence electrons. The number of hydrogen-bond acceptors (Lipinski definition) is 5. The maximum Gasteiger partial charge on any atom is 0.247 e. The highest BCUT2D eigenvalue weighted by Crippen LogP contribution is 2.28. The Bertz CT molecular complexity index is 800. The predicted molar refractivity (Wildman–Crippen MR) is 87.1 cm³/mol. The summed E-state index contributed by atoms with van der Waals surface area (Å²) in [5.74, 6) is 2.35. The number of benzene rings is 2. The minimum Gasteiger partial charge on any atom is -0.493 e. The molecule has 0 radical (unpaired) electrons. The Kier molecular flexibility index (Phi) is 4.48. The van der Waals surface area contributed by atoms with Crippen LogP contribution in [0.1, 0.15) is 11.5 Å². The first kappa shape index (κ1) is 15.4. The van der Waals surface area contributed by atoms with Crippen molar-refractivity contribution in [1.29, 1.82) is 0 Å². The highest BCUT2D eigenvalue weighted by atomic mass is 35.5. The van der Waals surface area contributed by atoms with E-state index in [1.807, 2.05) is 30.3 Å². The minimum absolute atomic E-state index is 0.470. The third-order valence-electron chi connectivity index (χ3n) is 3.36. The molecule has 0 saturated carbocycles. The van der Waals surface area contributed by atoms with Crippen LogP contribution in [-0.4, -0.2) is 24.4 Å². The molecule has 1 heterocycles. The first-order valence-corrected chi connectivity index (χ1v) is 7.36. The van der Waals surface area contributed by atoms with E-state index in [2.05, 4.69) is 10.2 Å². The third-order valence-corrected chi connectivity index (χ3v) is 3.61. The molecule has 6 heteroatoms. The first-order chi connectivity index (χ1) is 11.2. The van der Waals surface area contributed by atoms with Gasteiger partial charge in [0.05, 0.1) is 20.6 Å². The highest BCUT2D eigenvalue weighted by molar-refractivity contribution is 6.30. The summed E-state index contributed by atoms with van der Waals surface area (Å²) in [4.78, 5) is 0. The van der Waals surface area contributed by atoms with Crippen LogP contribution in [0.4, 0.5) is 0 Å². The van der Waals surface area contributed by atoms with Gasteiger partial charge in [-0.1, -0.05) is 17.7 Å². The zero-order chi connectivity index (χ0) is 16.2. The summed E-state index contributed by atoms with van der Waals surface area (Å²) in [6.45, 7) is 0. The minimum atomic E-state index is 0.470. The Balaban J connectivity index is 1.80. The molecule has 0 unspecified atom stereocenters. The second-order valence-corrected chi connectivity index (χ2v) is 5.31. The summed E-state index contributed by atoms with van der Waals surface area (Å²) in [6.07, 6.45) is 0.515. The van der Waals surface area contributed by atoms with E-state index in [1.54, 1.807) is 26.4 Å². The largest absolute Gasteiger partial charge is 0.493 e.